The number of benzene rings is 1. The monoisotopic (exact) mass is 732 g/mol. The van der Waals surface area contributed by atoms with Gasteiger partial charge in [-0.25, -0.2) is 4.63 Å². The van der Waals surface area contributed by atoms with Gasteiger partial charge in [-0.15, -0.1) is 0 Å². The molecule has 13 nitrogen and oxygen atoms in total. The van der Waals surface area contributed by atoms with E-state index in [9.17, 15) is 24.5 Å². The molecule has 1 aromatic heterocycles. The van der Waals surface area contributed by atoms with Gasteiger partial charge in [0.1, 0.15) is 13.2 Å². The van der Waals surface area contributed by atoms with E-state index in [4.69, 9.17) is 18.8 Å². The van der Waals surface area contributed by atoms with Crippen molar-refractivity contribution in [2.75, 3.05) is 25.1 Å². The second-order valence-corrected chi connectivity index (χ2v) is 13.8. The Labute approximate surface area is 309 Å². The number of esters is 3. The molecule has 294 valence electrons. The Kier molecular flexibility index (Phi) is 24.6. The minimum absolute atomic E-state index is 0.121. The van der Waals surface area contributed by atoms with Crippen LogP contribution in [0.2, 0.25) is 0 Å². The summed E-state index contributed by atoms with van der Waals surface area (Å²) in [7, 11) is 0. The van der Waals surface area contributed by atoms with Crippen molar-refractivity contribution in [2.24, 2.45) is 0 Å². The molecule has 0 bridgehead atoms. The highest BCUT2D eigenvalue weighted by Crippen LogP contribution is 2.28. The number of nitrogens with one attached hydrogen (secondary N) is 1. The molecule has 1 unspecified atom stereocenters. The van der Waals surface area contributed by atoms with E-state index in [0.29, 0.717) is 24.0 Å². The number of hydrogen-bond acceptors (Lipinski definition) is 12. The summed E-state index contributed by atoms with van der Waals surface area (Å²) in [6.07, 6.45) is 25.1. The van der Waals surface area contributed by atoms with Crippen molar-refractivity contribution in [1.82, 2.24) is 10.3 Å². The van der Waals surface area contributed by atoms with E-state index in [1.165, 1.54) is 77.2 Å². The first-order valence-electron chi connectivity index (χ1n) is 19.9. The van der Waals surface area contributed by atoms with Crippen LogP contribution in [0.3, 0.4) is 0 Å². The number of unbranched alkanes of at least 4 members (excludes halogenated alkanes) is 20. The second kappa shape index (κ2) is 28.8. The van der Waals surface area contributed by atoms with Gasteiger partial charge in [0.15, 0.2) is 11.6 Å². The molecule has 52 heavy (non-hydrogen) atoms. The summed E-state index contributed by atoms with van der Waals surface area (Å²) >= 11 is 0. The number of hydrogen-bond donors (Lipinski definition) is 1. The summed E-state index contributed by atoms with van der Waals surface area (Å²) in [5.41, 5.74) is 1.05. The van der Waals surface area contributed by atoms with Gasteiger partial charge < -0.3 is 19.5 Å². The van der Waals surface area contributed by atoms with E-state index in [-0.39, 0.29) is 36.4 Å². The number of non-ortho nitro benzene ring substituents is 1. The van der Waals surface area contributed by atoms with Gasteiger partial charge in [0.25, 0.3) is 0 Å². The van der Waals surface area contributed by atoms with E-state index < -0.39 is 17.0 Å². The molecule has 0 amide bonds. The molecule has 0 aliphatic carbocycles. The lowest BCUT2D eigenvalue weighted by Crippen LogP contribution is -2.30. The SMILES string of the molecule is CCCCCCCCCCCCCCCC(=O)OCC(COC(=O)CCCCCCCCCCCNc1ccc([N+](=O)[O-])c2nonc12)OC(C)=O. The first-order chi connectivity index (χ1) is 25.3. The molecule has 0 fully saturated rings. The predicted molar refractivity (Wildman–Crippen MR) is 201 cm³/mol. The molecular weight excluding hydrogens is 668 g/mol. The lowest BCUT2D eigenvalue weighted by molar-refractivity contribution is -0.383. The average Bonchev–Trinajstić information content (AvgIpc) is 3.62. The molecular formula is C39H64N4O9. The first-order valence-corrected chi connectivity index (χ1v) is 19.9. The van der Waals surface area contributed by atoms with Crippen molar-refractivity contribution >= 4 is 40.3 Å². The maximum absolute atomic E-state index is 12.3. The molecule has 0 spiro atoms. The van der Waals surface area contributed by atoms with Gasteiger partial charge in [0, 0.05) is 32.4 Å². The Bertz CT molecular complexity index is 1290. The number of carbonyl (C=O) groups excluding carboxylic acids is 3. The predicted octanol–water partition coefficient (Wildman–Crippen LogP) is 9.94. The summed E-state index contributed by atoms with van der Waals surface area (Å²) in [5, 5.41) is 21.8. The highest BCUT2D eigenvalue weighted by Gasteiger charge is 2.20. The molecule has 1 atom stereocenters. The highest BCUT2D eigenvalue weighted by molar-refractivity contribution is 5.93. The fourth-order valence-electron chi connectivity index (χ4n) is 6.15. The molecule has 2 aromatic rings. The molecule has 2 rings (SSSR count). The second-order valence-electron chi connectivity index (χ2n) is 13.8. The fraction of sp³-hybridized carbons (Fsp3) is 0.769. The lowest BCUT2D eigenvalue weighted by Gasteiger charge is -2.17. The molecule has 0 saturated carbocycles. The Morgan fingerprint density at radius 1 is 0.692 bits per heavy atom. The third-order valence-corrected chi connectivity index (χ3v) is 9.14. The van der Waals surface area contributed by atoms with Crippen molar-refractivity contribution in [2.45, 2.75) is 174 Å². The van der Waals surface area contributed by atoms with E-state index in [1.807, 2.05) is 0 Å². The maximum Gasteiger partial charge on any atom is 0.305 e. The number of nitrogens with zero attached hydrogens (tertiary/aromatic N) is 3. The first kappa shape index (κ1) is 44.4. The highest BCUT2D eigenvalue weighted by atomic mass is 16.6. The molecule has 0 saturated heterocycles. The third kappa shape index (κ3) is 20.9. The Balaban J connectivity index is 1.41. The fourth-order valence-corrected chi connectivity index (χ4v) is 6.15. The van der Waals surface area contributed by atoms with E-state index in [2.05, 4.69) is 22.6 Å². The van der Waals surface area contributed by atoms with Crippen LogP contribution in [0.15, 0.2) is 16.8 Å². The van der Waals surface area contributed by atoms with Gasteiger partial charge in [-0.05, 0) is 35.6 Å². The van der Waals surface area contributed by atoms with Crippen LogP contribution in [0.5, 0.6) is 0 Å². The van der Waals surface area contributed by atoms with Gasteiger partial charge in [0.2, 0.25) is 5.52 Å². The summed E-state index contributed by atoms with van der Waals surface area (Å²) in [6.45, 7) is 4.00. The van der Waals surface area contributed by atoms with Gasteiger partial charge in [-0.2, -0.15) is 0 Å². The van der Waals surface area contributed by atoms with E-state index in [0.717, 1.165) is 83.6 Å². The van der Waals surface area contributed by atoms with Crippen molar-refractivity contribution in [1.29, 1.82) is 0 Å². The number of ether oxygens (including phenoxy) is 3. The normalized spacial score (nSPS) is 11.7. The standard InChI is InChI=1S/C39H64N4O9/c1-3-4-5-6-7-8-9-10-11-13-16-19-22-25-36(45)49-30-33(51-32(2)44)31-50-37(46)26-23-20-17-14-12-15-18-21-24-29-40-34-27-28-35(43(47)48)39-38(34)41-52-42-39/h27-28,33,40H,3-26,29-31H2,1-2H3. The van der Waals surface area contributed by atoms with Gasteiger partial charge in [-0.3, -0.25) is 24.5 Å². The van der Waals surface area contributed by atoms with Crippen LogP contribution in [0.4, 0.5) is 11.4 Å². The molecule has 1 aromatic carbocycles. The van der Waals surface area contributed by atoms with Crippen LogP contribution in [0, 0.1) is 10.1 Å². The van der Waals surface area contributed by atoms with Crippen LogP contribution >= 0.6 is 0 Å². The summed E-state index contributed by atoms with van der Waals surface area (Å²) in [6, 6.07) is 3.03. The largest absolute Gasteiger partial charge is 0.462 e. The van der Waals surface area contributed by atoms with Crippen molar-refractivity contribution in [3.05, 3.63) is 22.2 Å². The maximum atomic E-state index is 12.3. The molecule has 0 aliphatic rings. The Morgan fingerprint density at radius 2 is 1.13 bits per heavy atom. The number of rotatable bonds is 33. The topological polar surface area (TPSA) is 173 Å². The Morgan fingerprint density at radius 3 is 1.60 bits per heavy atom. The smallest absolute Gasteiger partial charge is 0.305 e. The number of anilines is 1. The average molecular weight is 733 g/mol. The molecule has 1 N–H and O–H groups in total. The molecule has 0 aliphatic heterocycles. The lowest BCUT2D eigenvalue weighted by atomic mass is 10.0. The molecule has 1 heterocycles. The van der Waals surface area contributed by atoms with Crippen molar-refractivity contribution < 1.29 is 38.1 Å². The van der Waals surface area contributed by atoms with Crippen LogP contribution in [0.25, 0.3) is 11.0 Å². The number of aromatic nitrogens is 2. The van der Waals surface area contributed by atoms with Gasteiger partial charge >= 0.3 is 23.6 Å². The zero-order valence-corrected chi connectivity index (χ0v) is 31.8. The van der Waals surface area contributed by atoms with Crippen molar-refractivity contribution in [3.63, 3.8) is 0 Å². The van der Waals surface area contributed by atoms with Crippen LogP contribution < -0.4 is 5.32 Å². The minimum atomic E-state index is -0.808. The van der Waals surface area contributed by atoms with Gasteiger partial charge in [-0.1, -0.05) is 129 Å². The molecule has 13 heteroatoms. The van der Waals surface area contributed by atoms with E-state index >= 15 is 0 Å². The number of nitro groups is 1. The number of fused-ring (bicyclic) bond motifs is 1. The summed E-state index contributed by atoms with van der Waals surface area (Å²) < 4.78 is 20.5. The minimum Gasteiger partial charge on any atom is -0.462 e. The summed E-state index contributed by atoms with van der Waals surface area (Å²) in [5.74, 6) is -1.19. The third-order valence-electron chi connectivity index (χ3n) is 9.14. The zero-order chi connectivity index (χ0) is 37.7. The van der Waals surface area contributed by atoms with Gasteiger partial charge in [0.05, 0.1) is 10.6 Å². The number of carbonyl (C=O) groups is 3. The zero-order valence-electron chi connectivity index (χ0n) is 31.8. The van der Waals surface area contributed by atoms with Crippen LogP contribution in [0.1, 0.15) is 168 Å². The summed E-state index contributed by atoms with van der Waals surface area (Å²) in [4.78, 5) is 46.6. The van der Waals surface area contributed by atoms with E-state index in [1.54, 1.807) is 6.07 Å². The van der Waals surface area contributed by atoms with Crippen LogP contribution in [-0.2, 0) is 28.6 Å². The Hall–Kier alpha value is -3.77. The molecule has 0 radical (unpaired) electrons. The quantitative estimate of drug-likeness (QED) is 0.0242. The number of nitro benzene ring substituents is 1. The van der Waals surface area contributed by atoms with Crippen LogP contribution in [-0.4, -0.2) is 59.0 Å². The van der Waals surface area contributed by atoms with Crippen molar-refractivity contribution in [3.8, 4) is 0 Å².